The van der Waals surface area contributed by atoms with E-state index >= 15 is 0 Å². The van der Waals surface area contributed by atoms with E-state index in [-0.39, 0.29) is 5.91 Å². The van der Waals surface area contributed by atoms with Gasteiger partial charge in [-0.05, 0) is 60.4 Å². The molecule has 3 nitrogen and oxygen atoms in total. The summed E-state index contributed by atoms with van der Waals surface area (Å²) in [4.78, 5) is 15.0. The number of thiophene rings is 1. The maximum absolute atomic E-state index is 11.8. The summed E-state index contributed by atoms with van der Waals surface area (Å²) in [5.41, 5.74) is 1.12. The van der Waals surface area contributed by atoms with Gasteiger partial charge in [0.25, 0.3) is 5.91 Å². The normalized spacial score (nSPS) is 16.4. The number of nitrogens with zero attached hydrogens (tertiary/aromatic N) is 1. The zero-order chi connectivity index (χ0) is 12.3. The second-order valence-corrected chi connectivity index (χ2v) is 6.74. The summed E-state index contributed by atoms with van der Waals surface area (Å²) in [5.74, 6) is 0.0444. The van der Waals surface area contributed by atoms with Gasteiger partial charge in [-0.1, -0.05) is 0 Å². The Labute approximate surface area is 114 Å². The van der Waals surface area contributed by atoms with Crippen LogP contribution in [0.2, 0.25) is 0 Å². The van der Waals surface area contributed by atoms with Crippen molar-refractivity contribution in [3.8, 4) is 0 Å². The Kier molecular flexibility index (Phi) is 4.59. The summed E-state index contributed by atoms with van der Waals surface area (Å²) in [7, 11) is 0. The molecule has 0 bridgehead atoms. The fourth-order valence-electron chi connectivity index (χ4n) is 1.99. The van der Waals surface area contributed by atoms with Gasteiger partial charge in [-0.25, -0.2) is 0 Å². The molecule has 0 saturated carbocycles. The average Bonchev–Trinajstić information content (AvgIpc) is 2.90. The lowest BCUT2D eigenvalue weighted by molar-refractivity contribution is 0.0954. The van der Waals surface area contributed by atoms with E-state index in [9.17, 15) is 4.79 Å². The third-order valence-electron chi connectivity index (χ3n) is 2.99. The number of nitrogens with one attached hydrogen (secondary N) is 1. The van der Waals surface area contributed by atoms with E-state index in [0.717, 1.165) is 27.3 Å². The SMILES string of the molecule is Cc1cc(C(=O)NCCN2CCCC2)sc1Br. The summed E-state index contributed by atoms with van der Waals surface area (Å²) < 4.78 is 1.04. The fourth-order valence-corrected chi connectivity index (χ4v) is 3.44. The number of carbonyl (C=O) groups is 1. The first-order valence-electron chi connectivity index (χ1n) is 5.93. The monoisotopic (exact) mass is 316 g/mol. The lowest BCUT2D eigenvalue weighted by Gasteiger charge is -2.14. The first-order chi connectivity index (χ1) is 8.16. The molecular weight excluding hydrogens is 300 g/mol. The molecule has 1 aliphatic rings. The molecule has 0 atom stereocenters. The highest BCUT2D eigenvalue weighted by Gasteiger charge is 2.13. The highest BCUT2D eigenvalue weighted by atomic mass is 79.9. The van der Waals surface area contributed by atoms with Gasteiger partial charge in [0.2, 0.25) is 0 Å². The quantitative estimate of drug-likeness (QED) is 0.926. The molecule has 0 radical (unpaired) electrons. The maximum atomic E-state index is 11.8. The van der Waals surface area contributed by atoms with Crippen LogP contribution >= 0.6 is 27.3 Å². The molecule has 1 fully saturated rings. The topological polar surface area (TPSA) is 32.3 Å². The van der Waals surface area contributed by atoms with Crippen molar-refractivity contribution in [2.24, 2.45) is 0 Å². The van der Waals surface area contributed by atoms with Crippen LogP contribution in [0.25, 0.3) is 0 Å². The molecule has 5 heteroatoms. The minimum absolute atomic E-state index is 0.0444. The number of hydrogen-bond donors (Lipinski definition) is 1. The smallest absolute Gasteiger partial charge is 0.261 e. The van der Waals surface area contributed by atoms with Crippen LogP contribution in [0.5, 0.6) is 0 Å². The number of amides is 1. The molecule has 0 spiro atoms. The predicted octanol–water partition coefficient (Wildman–Crippen LogP) is 2.64. The van der Waals surface area contributed by atoms with Gasteiger partial charge < -0.3 is 10.2 Å². The van der Waals surface area contributed by atoms with Gasteiger partial charge in [0, 0.05) is 13.1 Å². The van der Waals surface area contributed by atoms with E-state index in [0.29, 0.717) is 0 Å². The third kappa shape index (κ3) is 3.53. The molecule has 1 saturated heterocycles. The first-order valence-corrected chi connectivity index (χ1v) is 7.54. The van der Waals surface area contributed by atoms with Gasteiger partial charge in [0.1, 0.15) is 0 Å². The standard InChI is InChI=1S/C12H17BrN2OS/c1-9-8-10(17-11(9)13)12(16)14-4-7-15-5-2-3-6-15/h8H,2-7H2,1H3,(H,14,16). The van der Waals surface area contributed by atoms with Crippen LogP contribution in [0.3, 0.4) is 0 Å². The zero-order valence-corrected chi connectivity index (χ0v) is 12.4. The molecule has 94 valence electrons. The van der Waals surface area contributed by atoms with E-state index < -0.39 is 0 Å². The Balaban J connectivity index is 1.76. The number of rotatable bonds is 4. The summed E-state index contributed by atoms with van der Waals surface area (Å²) in [5, 5.41) is 2.98. The molecule has 0 aliphatic carbocycles. The average molecular weight is 317 g/mol. The zero-order valence-electron chi connectivity index (χ0n) is 9.96. The maximum Gasteiger partial charge on any atom is 0.261 e. The minimum atomic E-state index is 0.0444. The van der Waals surface area contributed by atoms with Crippen LogP contribution < -0.4 is 5.32 Å². The van der Waals surface area contributed by atoms with Crippen LogP contribution in [0.4, 0.5) is 0 Å². The lowest BCUT2D eigenvalue weighted by Crippen LogP contribution is -2.33. The van der Waals surface area contributed by atoms with Gasteiger partial charge in [-0.15, -0.1) is 11.3 Å². The largest absolute Gasteiger partial charge is 0.350 e. The molecule has 0 unspecified atom stereocenters. The highest BCUT2D eigenvalue weighted by molar-refractivity contribution is 9.11. The third-order valence-corrected chi connectivity index (χ3v) is 5.13. The van der Waals surface area contributed by atoms with Crippen LogP contribution in [0, 0.1) is 6.92 Å². The number of likely N-dealkylation sites (tertiary alicyclic amines) is 1. The summed E-state index contributed by atoms with van der Waals surface area (Å²) in [6.07, 6.45) is 2.59. The number of aryl methyl sites for hydroxylation is 1. The number of carbonyl (C=O) groups excluding carboxylic acids is 1. The summed E-state index contributed by atoms with van der Waals surface area (Å²) in [6.45, 7) is 6.07. The molecule has 1 amide bonds. The van der Waals surface area contributed by atoms with Gasteiger partial charge in [0.05, 0.1) is 8.66 Å². The van der Waals surface area contributed by atoms with Gasteiger partial charge >= 0.3 is 0 Å². The van der Waals surface area contributed by atoms with E-state index in [4.69, 9.17) is 0 Å². The molecule has 17 heavy (non-hydrogen) atoms. The number of halogens is 1. The van der Waals surface area contributed by atoms with Crippen LogP contribution in [0.15, 0.2) is 9.85 Å². The van der Waals surface area contributed by atoms with E-state index in [1.807, 2.05) is 13.0 Å². The molecule has 0 aromatic carbocycles. The van der Waals surface area contributed by atoms with E-state index in [2.05, 4.69) is 26.1 Å². The Morgan fingerprint density at radius 1 is 1.53 bits per heavy atom. The second-order valence-electron chi connectivity index (χ2n) is 4.37. The van der Waals surface area contributed by atoms with Crippen molar-refractivity contribution < 1.29 is 4.79 Å². The minimum Gasteiger partial charge on any atom is -0.350 e. The van der Waals surface area contributed by atoms with Crippen molar-refractivity contribution in [2.45, 2.75) is 19.8 Å². The van der Waals surface area contributed by atoms with E-state index in [1.165, 1.54) is 37.3 Å². The Morgan fingerprint density at radius 3 is 2.82 bits per heavy atom. The van der Waals surface area contributed by atoms with Crippen molar-refractivity contribution in [1.82, 2.24) is 10.2 Å². The molecule has 1 aromatic rings. The molecular formula is C12H17BrN2OS. The lowest BCUT2D eigenvalue weighted by atomic mass is 10.3. The van der Waals surface area contributed by atoms with Crippen LogP contribution in [-0.2, 0) is 0 Å². The molecule has 1 N–H and O–H groups in total. The van der Waals surface area contributed by atoms with E-state index in [1.54, 1.807) is 0 Å². The Bertz CT molecular complexity index is 380. The van der Waals surface area contributed by atoms with Gasteiger partial charge in [-0.2, -0.15) is 0 Å². The number of hydrogen-bond acceptors (Lipinski definition) is 3. The molecule has 2 rings (SSSR count). The molecule has 1 aliphatic heterocycles. The molecule has 2 heterocycles. The van der Waals surface area contributed by atoms with Gasteiger partial charge in [-0.3, -0.25) is 4.79 Å². The molecule has 1 aromatic heterocycles. The highest BCUT2D eigenvalue weighted by Crippen LogP contribution is 2.27. The van der Waals surface area contributed by atoms with Crippen molar-refractivity contribution >= 4 is 33.2 Å². The first kappa shape index (κ1) is 13.1. The van der Waals surface area contributed by atoms with Gasteiger partial charge in [0.15, 0.2) is 0 Å². The van der Waals surface area contributed by atoms with Crippen molar-refractivity contribution in [1.29, 1.82) is 0 Å². The van der Waals surface area contributed by atoms with Crippen LogP contribution in [-0.4, -0.2) is 37.0 Å². The Hall–Kier alpha value is -0.390. The summed E-state index contributed by atoms with van der Waals surface area (Å²) in [6, 6.07) is 1.93. The Morgan fingerprint density at radius 2 is 2.24 bits per heavy atom. The van der Waals surface area contributed by atoms with Crippen molar-refractivity contribution in [3.05, 3.63) is 20.3 Å². The fraction of sp³-hybridized carbons (Fsp3) is 0.583. The van der Waals surface area contributed by atoms with Crippen LogP contribution in [0.1, 0.15) is 28.1 Å². The van der Waals surface area contributed by atoms with Crippen molar-refractivity contribution in [3.63, 3.8) is 0 Å². The predicted molar refractivity (Wildman–Crippen MR) is 74.8 cm³/mol. The second kappa shape index (κ2) is 5.98. The van der Waals surface area contributed by atoms with Crippen molar-refractivity contribution in [2.75, 3.05) is 26.2 Å². The summed E-state index contributed by atoms with van der Waals surface area (Å²) >= 11 is 4.93.